The second-order valence-corrected chi connectivity index (χ2v) is 6.17. The number of benzene rings is 1. The number of imide groups is 1. The van der Waals surface area contributed by atoms with Gasteiger partial charge in [-0.25, -0.2) is 14.7 Å². The van der Waals surface area contributed by atoms with Crippen LogP contribution in [0.3, 0.4) is 0 Å². The third-order valence-electron chi connectivity index (χ3n) is 4.33. The van der Waals surface area contributed by atoms with Crippen molar-refractivity contribution < 1.29 is 29.5 Å². The fourth-order valence-electron chi connectivity index (χ4n) is 3.00. The van der Waals surface area contributed by atoms with Gasteiger partial charge in [-0.1, -0.05) is 38.0 Å². The molecule has 0 bridgehead atoms. The molecule has 1 aromatic rings. The molecule has 0 aromatic heterocycles. The molecule has 1 heterocycles. The minimum absolute atomic E-state index is 0.00386. The summed E-state index contributed by atoms with van der Waals surface area (Å²) in [6.07, 6.45) is 1.75. The second-order valence-electron chi connectivity index (χ2n) is 6.17. The largest absolute Gasteiger partial charge is 0.478 e. The monoisotopic (exact) mass is 363 g/mol. The third kappa shape index (κ3) is 3.83. The maximum Gasteiger partial charge on any atom is 0.336 e. The Labute approximate surface area is 150 Å². The molecule has 1 aliphatic rings. The minimum Gasteiger partial charge on any atom is -0.478 e. The van der Waals surface area contributed by atoms with Crippen LogP contribution in [0.25, 0.3) is 0 Å². The number of nitrogens with zero attached hydrogens (tertiary/aromatic N) is 2. The molecule has 3 N–H and O–H groups in total. The van der Waals surface area contributed by atoms with E-state index in [1.165, 1.54) is 12.1 Å². The summed E-state index contributed by atoms with van der Waals surface area (Å²) in [5, 5.41) is 21.7. The summed E-state index contributed by atoms with van der Waals surface area (Å²) in [6.45, 7) is 1.32. The number of rotatable bonds is 9. The molecule has 0 unspecified atom stereocenters. The van der Waals surface area contributed by atoms with Gasteiger partial charge in [-0.15, -0.1) is 0 Å². The molecule has 0 spiro atoms. The van der Waals surface area contributed by atoms with Crippen LogP contribution in [0.2, 0.25) is 0 Å². The van der Waals surface area contributed by atoms with Crippen LogP contribution in [-0.4, -0.2) is 56.7 Å². The number of carbonyl (C=O) groups excluding carboxylic acids is 3. The van der Waals surface area contributed by atoms with Crippen LogP contribution in [0.5, 0.6) is 0 Å². The highest BCUT2D eigenvalue weighted by molar-refractivity contribution is 6.07. The number of amides is 4. The van der Waals surface area contributed by atoms with E-state index in [1.807, 2.05) is 6.92 Å². The Bertz CT molecular complexity index is 722. The standard InChI is InChI=1S/C17H21N3O6/c1-2-3-8-17(10-19(26)11-21)15(24)20(16(25)18-17)9-12-6-4-5-7-13(12)14(22)23/h4-7,11,26H,2-3,8-10H2,1H3,(H,18,25)(H,22,23)/t17-/m0/s1. The first-order chi connectivity index (χ1) is 12.3. The van der Waals surface area contributed by atoms with E-state index in [2.05, 4.69) is 5.32 Å². The lowest BCUT2D eigenvalue weighted by Gasteiger charge is -2.28. The van der Waals surface area contributed by atoms with Crippen molar-refractivity contribution in [1.82, 2.24) is 15.3 Å². The van der Waals surface area contributed by atoms with Crippen molar-refractivity contribution >= 4 is 24.3 Å². The van der Waals surface area contributed by atoms with Gasteiger partial charge in [0.2, 0.25) is 6.41 Å². The van der Waals surface area contributed by atoms with E-state index in [9.17, 15) is 29.5 Å². The molecular formula is C17H21N3O6. The van der Waals surface area contributed by atoms with Crippen LogP contribution in [-0.2, 0) is 16.1 Å². The summed E-state index contributed by atoms with van der Waals surface area (Å²) in [4.78, 5) is 48.3. The van der Waals surface area contributed by atoms with Gasteiger partial charge < -0.3 is 10.4 Å². The summed E-state index contributed by atoms with van der Waals surface area (Å²) < 4.78 is 0. The van der Waals surface area contributed by atoms with Crippen molar-refractivity contribution in [3.63, 3.8) is 0 Å². The van der Waals surface area contributed by atoms with E-state index in [0.717, 1.165) is 11.3 Å². The number of hydrogen-bond acceptors (Lipinski definition) is 5. The van der Waals surface area contributed by atoms with E-state index in [-0.39, 0.29) is 31.5 Å². The Morgan fingerprint density at radius 3 is 2.65 bits per heavy atom. The zero-order chi connectivity index (χ0) is 19.3. The number of aromatic carboxylic acids is 1. The third-order valence-corrected chi connectivity index (χ3v) is 4.33. The molecular weight excluding hydrogens is 342 g/mol. The SMILES string of the molecule is CCCC[C@@]1(CN(O)C=O)NC(=O)N(Cc2ccccc2C(=O)O)C1=O. The zero-order valence-electron chi connectivity index (χ0n) is 14.3. The summed E-state index contributed by atoms with van der Waals surface area (Å²) in [5.41, 5.74) is -1.12. The molecule has 9 nitrogen and oxygen atoms in total. The number of carboxylic acids is 1. The summed E-state index contributed by atoms with van der Waals surface area (Å²) in [6, 6.07) is 5.40. The quantitative estimate of drug-likeness (QED) is 0.262. The minimum atomic E-state index is -1.43. The van der Waals surface area contributed by atoms with Crippen LogP contribution in [0.15, 0.2) is 24.3 Å². The van der Waals surface area contributed by atoms with Crippen molar-refractivity contribution in [2.45, 2.75) is 38.3 Å². The predicted molar refractivity (Wildman–Crippen MR) is 89.3 cm³/mol. The van der Waals surface area contributed by atoms with E-state index in [0.29, 0.717) is 17.0 Å². The number of unbranched alkanes of at least 4 members (excludes halogenated alkanes) is 1. The molecule has 0 radical (unpaired) electrons. The van der Waals surface area contributed by atoms with Gasteiger partial charge in [0, 0.05) is 0 Å². The van der Waals surface area contributed by atoms with Gasteiger partial charge in [-0.05, 0) is 18.1 Å². The average Bonchev–Trinajstić information content (AvgIpc) is 2.84. The Morgan fingerprint density at radius 1 is 1.35 bits per heavy atom. The fourth-order valence-corrected chi connectivity index (χ4v) is 3.00. The Morgan fingerprint density at radius 2 is 2.04 bits per heavy atom. The maximum atomic E-state index is 12.9. The van der Waals surface area contributed by atoms with Crippen LogP contribution in [0.1, 0.15) is 42.1 Å². The molecule has 1 aromatic carbocycles. The average molecular weight is 363 g/mol. The van der Waals surface area contributed by atoms with Crippen LogP contribution in [0.4, 0.5) is 4.79 Å². The molecule has 1 atom stereocenters. The number of hydroxylamine groups is 2. The van der Waals surface area contributed by atoms with Crippen LogP contribution < -0.4 is 5.32 Å². The fraction of sp³-hybridized carbons (Fsp3) is 0.412. The van der Waals surface area contributed by atoms with Crippen molar-refractivity contribution in [3.05, 3.63) is 35.4 Å². The van der Waals surface area contributed by atoms with E-state index in [1.54, 1.807) is 12.1 Å². The number of carboxylic acid groups (broad SMARTS) is 1. The van der Waals surface area contributed by atoms with Crippen molar-refractivity contribution in [2.75, 3.05) is 6.54 Å². The van der Waals surface area contributed by atoms with Crippen molar-refractivity contribution in [2.24, 2.45) is 0 Å². The van der Waals surface area contributed by atoms with Crippen LogP contribution in [0, 0.1) is 0 Å². The number of nitrogens with one attached hydrogen (secondary N) is 1. The molecule has 9 heteroatoms. The molecule has 1 aliphatic heterocycles. The lowest BCUT2D eigenvalue weighted by molar-refractivity contribution is -0.157. The van der Waals surface area contributed by atoms with E-state index < -0.39 is 23.4 Å². The van der Waals surface area contributed by atoms with Crippen molar-refractivity contribution in [1.29, 1.82) is 0 Å². The summed E-state index contributed by atoms with van der Waals surface area (Å²) >= 11 is 0. The molecule has 0 aliphatic carbocycles. The number of carbonyl (C=O) groups is 4. The van der Waals surface area contributed by atoms with Gasteiger partial charge in [0.15, 0.2) is 0 Å². The van der Waals surface area contributed by atoms with Gasteiger partial charge in [0.25, 0.3) is 5.91 Å². The first-order valence-electron chi connectivity index (χ1n) is 8.20. The van der Waals surface area contributed by atoms with Crippen molar-refractivity contribution in [3.8, 4) is 0 Å². The highest BCUT2D eigenvalue weighted by Gasteiger charge is 2.51. The lowest BCUT2D eigenvalue weighted by Crippen LogP contribution is -2.54. The first-order valence-corrected chi connectivity index (χ1v) is 8.20. The van der Waals surface area contributed by atoms with Gasteiger partial charge in [-0.3, -0.25) is 19.7 Å². The summed E-state index contributed by atoms with van der Waals surface area (Å²) in [5.74, 6) is -1.76. The Kier molecular flexibility index (Phi) is 5.93. The maximum absolute atomic E-state index is 12.9. The van der Waals surface area contributed by atoms with Crippen LogP contribution >= 0.6 is 0 Å². The molecule has 1 saturated heterocycles. The number of urea groups is 1. The molecule has 26 heavy (non-hydrogen) atoms. The smallest absolute Gasteiger partial charge is 0.336 e. The highest BCUT2D eigenvalue weighted by Crippen LogP contribution is 2.27. The van der Waals surface area contributed by atoms with Gasteiger partial charge >= 0.3 is 12.0 Å². The lowest BCUT2D eigenvalue weighted by atomic mass is 9.92. The molecule has 4 amide bonds. The number of hydrogen-bond donors (Lipinski definition) is 3. The van der Waals surface area contributed by atoms with E-state index >= 15 is 0 Å². The molecule has 1 fully saturated rings. The Balaban J connectivity index is 2.31. The second kappa shape index (κ2) is 7.96. The zero-order valence-corrected chi connectivity index (χ0v) is 14.3. The summed E-state index contributed by atoms with van der Waals surface area (Å²) in [7, 11) is 0. The predicted octanol–water partition coefficient (Wildman–Crippen LogP) is 1.21. The molecule has 140 valence electrons. The topological polar surface area (TPSA) is 127 Å². The normalized spacial score (nSPS) is 19.4. The van der Waals surface area contributed by atoms with Gasteiger partial charge in [-0.2, -0.15) is 0 Å². The van der Waals surface area contributed by atoms with Gasteiger partial charge in [0.05, 0.1) is 18.7 Å². The first kappa shape index (κ1) is 19.4. The molecule has 2 rings (SSSR count). The molecule has 0 saturated carbocycles. The van der Waals surface area contributed by atoms with Gasteiger partial charge in [0.1, 0.15) is 5.54 Å². The highest BCUT2D eigenvalue weighted by atomic mass is 16.5. The Hall–Kier alpha value is -2.94. The van der Waals surface area contributed by atoms with E-state index in [4.69, 9.17) is 0 Å².